The summed E-state index contributed by atoms with van der Waals surface area (Å²) < 4.78 is 13.1. The lowest BCUT2D eigenvalue weighted by atomic mass is 9.48. The van der Waals surface area contributed by atoms with Crippen molar-refractivity contribution in [2.75, 3.05) is 20.8 Å². The number of benzene rings is 2. The third-order valence-corrected chi connectivity index (χ3v) is 10.5. The molecule has 0 unspecified atom stereocenters. The molecule has 4 aliphatic carbocycles. The Balaban J connectivity index is 1.45. The third-order valence-electron chi connectivity index (χ3n) is 10.5. The van der Waals surface area contributed by atoms with E-state index in [9.17, 15) is 19.5 Å². The highest BCUT2D eigenvalue weighted by Crippen LogP contribution is 2.58. The standard InChI is InChI=1S/C36H44N6O6/c1-19(2)25-17-22(33(43)39-11-10-31(37)38)8-9-27(25)42-28(32-29(47-3)6-5-7-30(32)48-4)18-26(41-42)34(44)40-36(35(45)46)23-13-20-12-21(15-23)16-24(36)14-20/h5-9,17-21,23-24H,10-16H2,1-4H3,(H3,37,38)(H,39,43)(H,40,44)(H,45,46). The number of carbonyl (C=O) groups is 3. The second kappa shape index (κ2) is 13.0. The smallest absolute Gasteiger partial charge is 0.330 e. The third kappa shape index (κ3) is 5.77. The fourth-order valence-corrected chi connectivity index (χ4v) is 8.51. The number of rotatable bonds is 12. The van der Waals surface area contributed by atoms with Crippen LogP contribution in [0.2, 0.25) is 0 Å². The van der Waals surface area contributed by atoms with Crippen LogP contribution >= 0.6 is 0 Å². The normalized spacial score (nSPS) is 23.9. The van der Waals surface area contributed by atoms with Gasteiger partial charge in [-0.2, -0.15) is 5.10 Å². The molecule has 0 radical (unpaired) electrons. The van der Waals surface area contributed by atoms with Crippen molar-refractivity contribution in [3.05, 3.63) is 59.3 Å². The minimum atomic E-state index is -1.34. The molecule has 4 fully saturated rings. The Bertz CT molecular complexity index is 1710. The summed E-state index contributed by atoms with van der Waals surface area (Å²) in [6.07, 6.45) is 4.64. The number of methoxy groups -OCH3 is 2. The summed E-state index contributed by atoms with van der Waals surface area (Å²) in [6, 6.07) is 12.3. The van der Waals surface area contributed by atoms with Crippen LogP contribution in [-0.4, -0.2) is 64.8 Å². The highest BCUT2D eigenvalue weighted by atomic mass is 16.5. The molecule has 4 saturated carbocycles. The highest BCUT2D eigenvalue weighted by Gasteiger charge is 2.62. The maximum atomic E-state index is 14.2. The first-order valence-electron chi connectivity index (χ1n) is 16.6. The Labute approximate surface area is 279 Å². The monoisotopic (exact) mass is 656 g/mol. The van der Waals surface area contributed by atoms with Crippen molar-refractivity contribution in [2.24, 2.45) is 29.4 Å². The van der Waals surface area contributed by atoms with Crippen molar-refractivity contribution >= 4 is 23.6 Å². The van der Waals surface area contributed by atoms with E-state index < -0.39 is 17.4 Å². The van der Waals surface area contributed by atoms with E-state index in [1.165, 1.54) is 0 Å². The quantitative estimate of drug-likeness (QED) is 0.137. The van der Waals surface area contributed by atoms with Crippen molar-refractivity contribution < 1.29 is 29.0 Å². The number of amides is 2. The molecule has 1 aromatic heterocycles. The zero-order chi connectivity index (χ0) is 34.3. The van der Waals surface area contributed by atoms with Gasteiger partial charge >= 0.3 is 5.97 Å². The first kappa shape index (κ1) is 33.0. The van der Waals surface area contributed by atoms with Crippen molar-refractivity contribution in [1.29, 1.82) is 5.41 Å². The number of aliphatic carboxylic acids is 1. The maximum absolute atomic E-state index is 14.2. The van der Waals surface area contributed by atoms with Gasteiger partial charge in [0.25, 0.3) is 11.8 Å². The second-order valence-electron chi connectivity index (χ2n) is 13.8. The van der Waals surface area contributed by atoms with Crippen LogP contribution in [0.1, 0.15) is 84.7 Å². The van der Waals surface area contributed by atoms with E-state index in [0.717, 1.165) is 37.7 Å². The Morgan fingerprint density at radius 2 is 1.62 bits per heavy atom. The van der Waals surface area contributed by atoms with Gasteiger partial charge in [-0.3, -0.25) is 15.0 Å². The molecule has 3 aromatic rings. The molecule has 0 saturated heterocycles. The topological polar surface area (TPSA) is 182 Å². The molecule has 6 N–H and O–H groups in total. The fraction of sp³-hybridized carbons (Fsp3) is 0.472. The number of nitrogens with zero attached hydrogens (tertiary/aromatic N) is 2. The molecule has 1 heterocycles. The van der Waals surface area contributed by atoms with Crippen LogP contribution in [0.25, 0.3) is 16.9 Å². The van der Waals surface area contributed by atoms with Gasteiger partial charge in [-0.05, 0) is 104 Å². The number of nitrogens with one attached hydrogen (secondary N) is 3. The molecule has 7 rings (SSSR count). The van der Waals surface area contributed by atoms with Crippen LogP contribution in [0.4, 0.5) is 0 Å². The number of hydrogen-bond donors (Lipinski definition) is 5. The van der Waals surface area contributed by atoms with Crippen LogP contribution in [0, 0.1) is 29.1 Å². The molecule has 4 aliphatic rings. The number of carbonyl (C=O) groups excluding carboxylic acids is 2. The molecule has 4 bridgehead atoms. The van der Waals surface area contributed by atoms with Gasteiger partial charge in [0.2, 0.25) is 0 Å². The second-order valence-corrected chi connectivity index (χ2v) is 13.8. The van der Waals surface area contributed by atoms with Crippen LogP contribution in [0.5, 0.6) is 11.5 Å². The number of carboxylic acids is 1. The van der Waals surface area contributed by atoms with E-state index in [4.69, 9.17) is 25.7 Å². The largest absolute Gasteiger partial charge is 0.496 e. The van der Waals surface area contributed by atoms with Crippen LogP contribution in [0.3, 0.4) is 0 Å². The molecule has 0 spiro atoms. The SMILES string of the molecule is COc1cccc(OC)c1-c1cc(C(=O)NC2(C(=O)O)C3CC4CC(C3)CC2C4)nn1-c1ccc(C(=O)NCCC(=N)N)cc1C(C)C. The number of nitrogens with two attached hydrogens (primary N) is 1. The van der Waals surface area contributed by atoms with Gasteiger partial charge in [-0.1, -0.05) is 19.9 Å². The van der Waals surface area contributed by atoms with E-state index in [2.05, 4.69) is 10.6 Å². The molecule has 0 atom stereocenters. The molecule has 2 aromatic carbocycles. The molecular weight excluding hydrogens is 612 g/mol. The van der Waals surface area contributed by atoms with Crippen LogP contribution < -0.4 is 25.8 Å². The molecule has 254 valence electrons. The number of aromatic nitrogens is 2. The van der Waals surface area contributed by atoms with Gasteiger partial charge in [-0.15, -0.1) is 0 Å². The summed E-state index contributed by atoms with van der Waals surface area (Å²) in [4.78, 5) is 40.2. The lowest BCUT2D eigenvalue weighted by Gasteiger charge is -2.59. The fourth-order valence-electron chi connectivity index (χ4n) is 8.51. The summed E-state index contributed by atoms with van der Waals surface area (Å²) >= 11 is 0. The molecule has 12 heteroatoms. The molecule has 0 aliphatic heterocycles. The van der Waals surface area contributed by atoms with E-state index in [1.54, 1.807) is 61.4 Å². The van der Waals surface area contributed by atoms with Crippen molar-refractivity contribution in [3.63, 3.8) is 0 Å². The van der Waals surface area contributed by atoms with Crippen molar-refractivity contribution in [1.82, 2.24) is 20.4 Å². The predicted molar refractivity (Wildman–Crippen MR) is 180 cm³/mol. The average molecular weight is 657 g/mol. The van der Waals surface area contributed by atoms with E-state index in [0.29, 0.717) is 45.8 Å². The van der Waals surface area contributed by atoms with Gasteiger partial charge in [0.15, 0.2) is 5.69 Å². The number of ether oxygens (including phenoxy) is 2. The molecule has 12 nitrogen and oxygen atoms in total. The number of carboxylic acid groups (broad SMARTS) is 1. The first-order chi connectivity index (χ1) is 23.0. The zero-order valence-corrected chi connectivity index (χ0v) is 27.8. The number of hydrogen-bond acceptors (Lipinski definition) is 7. The van der Waals surface area contributed by atoms with E-state index in [-0.39, 0.29) is 48.2 Å². The Morgan fingerprint density at radius 3 is 2.17 bits per heavy atom. The average Bonchev–Trinajstić information content (AvgIpc) is 3.50. The minimum absolute atomic E-state index is 0.0103. The van der Waals surface area contributed by atoms with E-state index >= 15 is 0 Å². The Hall–Kier alpha value is -4.87. The maximum Gasteiger partial charge on any atom is 0.330 e. The summed E-state index contributed by atoms with van der Waals surface area (Å²) in [5.41, 5.74) is 7.10. The highest BCUT2D eigenvalue weighted by molar-refractivity contribution is 5.98. The zero-order valence-electron chi connectivity index (χ0n) is 27.8. The van der Waals surface area contributed by atoms with Gasteiger partial charge < -0.3 is 30.9 Å². The van der Waals surface area contributed by atoms with Gasteiger partial charge in [0.05, 0.1) is 37.0 Å². The summed E-state index contributed by atoms with van der Waals surface area (Å²) in [5, 5.41) is 28.8. The Morgan fingerprint density at radius 1 is 1.00 bits per heavy atom. The predicted octanol–water partition coefficient (Wildman–Crippen LogP) is 4.75. The van der Waals surface area contributed by atoms with Gasteiger partial charge in [0, 0.05) is 18.5 Å². The molecule has 2 amide bonds. The lowest BCUT2D eigenvalue weighted by molar-refractivity contribution is -0.163. The van der Waals surface area contributed by atoms with Gasteiger partial charge in [0.1, 0.15) is 17.0 Å². The summed E-state index contributed by atoms with van der Waals surface area (Å²) in [5.74, 6) is -0.0841. The Kier molecular flexibility index (Phi) is 8.93. The van der Waals surface area contributed by atoms with Crippen LogP contribution in [0.15, 0.2) is 42.5 Å². The van der Waals surface area contributed by atoms with Gasteiger partial charge in [-0.25, -0.2) is 9.48 Å². The van der Waals surface area contributed by atoms with Crippen LogP contribution in [-0.2, 0) is 4.79 Å². The summed E-state index contributed by atoms with van der Waals surface area (Å²) in [7, 11) is 3.10. The number of amidine groups is 1. The molecule has 48 heavy (non-hydrogen) atoms. The molecular formula is C36H44N6O6. The minimum Gasteiger partial charge on any atom is -0.496 e. The lowest BCUT2D eigenvalue weighted by Crippen LogP contribution is -2.70. The summed E-state index contributed by atoms with van der Waals surface area (Å²) in [6.45, 7) is 4.24. The first-order valence-corrected chi connectivity index (χ1v) is 16.6. The van der Waals surface area contributed by atoms with Crippen molar-refractivity contribution in [3.8, 4) is 28.4 Å². The van der Waals surface area contributed by atoms with Crippen molar-refractivity contribution in [2.45, 2.75) is 63.8 Å². The van der Waals surface area contributed by atoms with E-state index in [1.807, 2.05) is 13.8 Å².